The smallest absolute Gasteiger partial charge is 0.106 e. The Balaban J connectivity index is 2.01. The average Bonchev–Trinajstić information content (AvgIpc) is 2.62. The summed E-state index contributed by atoms with van der Waals surface area (Å²) in [6.45, 7) is 2.16. The van der Waals surface area contributed by atoms with Gasteiger partial charge in [-0.2, -0.15) is 11.8 Å². The van der Waals surface area contributed by atoms with Gasteiger partial charge in [0, 0.05) is 17.4 Å². The molecular formula is C10H14O2S. The molecule has 0 spiro atoms. The van der Waals surface area contributed by atoms with E-state index < -0.39 is 5.60 Å². The van der Waals surface area contributed by atoms with Crippen molar-refractivity contribution in [3.63, 3.8) is 0 Å². The Morgan fingerprint density at radius 2 is 2.62 bits per heavy atom. The molecule has 2 unspecified atom stereocenters. The Kier molecular flexibility index (Phi) is 2.39. The highest BCUT2D eigenvalue weighted by Crippen LogP contribution is 2.36. The predicted octanol–water partition coefficient (Wildman–Crippen LogP) is 2.08. The van der Waals surface area contributed by atoms with E-state index in [2.05, 4.69) is 6.92 Å². The second-order valence-corrected chi connectivity index (χ2v) is 5.23. The van der Waals surface area contributed by atoms with E-state index in [1.165, 1.54) is 0 Å². The monoisotopic (exact) mass is 198 g/mol. The molecule has 1 aliphatic rings. The fourth-order valence-electron chi connectivity index (χ4n) is 1.81. The summed E-state index contributed by atoms with van der Waals surface area (Å²) in [5.41, 5.74) is -0.540. The largest absolute Gasteiger partial charge is 0.469 e. The Bertz CT molecular complexity index is 270. The maximum atomic E-state index is 10.2. The van der Waals surface area contributed by atoms with E-state index in [1.54, 1.807) is 6.26 Å². The van der Waals surface area contributed by atoms with Crippen molar-refractivity contribution in [3.05, 3.63) is 24.2 Å². The molecule has 1 fully saturated rings. The molecule has 2 rings (SSSR count). The molecule has 3 heteroatoms. The molecule has 1 aromatic rings. The minimum Gasteiger partial charge on any atom is -0.469 e. The van der Waals surface area contributed by atoms with Gasteiger partial charge in [0.05, 0.1) is 11.9 Å². The minimum atomic E-state index is -0.540. The third kappa shape index (κ3) is 2.09. The number of hydrogen-bond acceptors (Lipinski definition) is 3. The molecule has 0 aliphatic carbocycles. The molecule has 0 saturated carbocycles. The molecule has 1 aliphatic heterocycles. The van der Waals surface area contributed by atoms with Crippen LogP contribution in [-0.2, 0) is 6.42 Å². The van der Waals surface area contributed by atoms with Crippen LogP contribution in [0.15, 0.2) is 22.8 Å². The SMILES string of the molecule is CC1CC(O)(Cc2ccco2)CS1. The first-order valence-electron chi connectivity index (χ1n) is 4.54. The molecule has 72 valence electrons. The number of rotatable bonds is 2. The average molecular weight is 198 g/mol. The highest BCUT2D eigenvalue weighted by Gasteiger charge is 2.36. The summed E-state index contributed by atoms with van der Waals surface area (Å²) in [6, 6.07) is 3.79. The first-order chi connectivity index (χ1) is 6.18. The van der Waals surface area contributed by atoms with Crippen molar-refractivity contribution < 1.29 is 9.52 Å². The van der Waals surface area contributed by atoms with Gasteiger partial charge in [-0.25, -0.2) is 0 Å². The van der Waals surface area contributed by atoms with Gasteiger partial charge in [-0.05, 0) is 18.6 Å². The van der Waals surface area contributed by atoms with Crippen molar-refractivity contribution in [2.24, 2.45) is 0 Å². The first-order valence-corrected chi connectivity index (χ1v) is 5.59. The lowest BCUT2D eigenvalue weighted by Gasteiger charge is -2.19. The van der Waals surface area contributed by atoms with Crippen LogP contribution in [0.4, 0.5) is 0 Å². The maximum Gasteiger partial charge on any atom is 0.106 e. The van der Waals surface area contributed by atoms with E-state index in [-0.39, 0.29) is 0 Å². The van der Waals surface area contributed by atoms with Gasteiger partial charge in [0.2, 0.25) is 0 Å². The van der Waals surface area contributed by atoms with E-state index in [0.29, 0.717) is 11.7 Å². The third-order valence-electron chi connectivity index (χ3n) is 2.39. The zero-order chi connectivity index (χ0) is 9.31. The van der Waals surface area contributed by atoms with Gasteiger partial charge < -0.3 is 9.52 Å². The van der Waals surface area contributed by atoms with Crippen LogP contribution >= 0.6 is 11.8 Å². The fraction of sp³-hybridized carbons (Fsp3) is 0.600. The van der Waals surface area contributed by atoms with E-state index in [0.717, 1.165) is 17.9 Å². The van der Waals surface area contributed by atoms with Gasteiger partial charge in [0.25, 0.3) is 0 Å². The Hall–Kier alpha value is -0.410. The molecule has 0 amide bonds. The van der Waals surface area contributed by atoms with Gasteiger partial charge in [-0.15, -0.1) is 0 Å². The van der Waals surface area contributed by atoms with Crippen LogP contribution in [-0.4, -0.2) is 21.7 Å². The summed E-state index contributed by atoms with van der Waals surface area (Å²) in [5.74, 6) is 1.71. The molecule has 2 atom stereocenters. The van der Waals surface area contributed by atoms with Crippen molar-refractivity contribution in [2.45, 2.75) is 30.6 Å². The summed E-state index contributed by atoms with van der Waals surface area (Å²) in [4.78, 5) is 0. The van der Waals surface area contributed by atoms with Crippen LogP contribution in [0.2, 0.25) is 0 Å². The van der Waals surface area contributed by atoms with Crippen molar-refractivity contribution in [3.8, 4) is 0 Å². The second kappa shape index (κ2) is 3.39. The lowest BCUT2D eigenvalue weighted by atomic mass is 9.95. The third-order valence-corrected chi connectivity index (χ3v) is 3.83. The van der Waals surface area contributed by atoms with E-state index in [9.17, 15) is 5.11 Å². The number of thioether (sulfide) groups is 1. The number of hydrogen-bond donors (Lipinski definition) is 1. The topological polar surface area (TPSA) is 33.4 Å². The van der Waals surface area contributed by atoms with Gasteiger partial charge in [0.1, 0.15) is 5.76 Å². The molecule has 0 bridgehead atoms. The van der Waals surface area contributed by atoms with Gasteiger partial charge >= 0.3 is 0 Å². The van der Waals surface area contributed by atoms with Crippen LogP contribution in [0.3, 0.4) is 0 Å². The molecule has 1 N–H and O–H groups in total. The van der Waals surface area contributed by atoms with Crippen molar-refractivity contribution >= 4 is 11.8 Å². The molecule has 1 saturated heterocycles. The van der Waals surface area contributed by atoms with Crippen molar-refractivity contribution in [1.29, 1.82) is 0 Å². The molecule has 2 nitrogen and oxygen atoms in total. The van der Waals surface area contributed by atoms with Crippen LogP contribution < -0.4 is 0 Å². The van der Waals surface area contributed by atoms with Gasteiger partial charge in [0.15, 0.2) is 0 Å². The number of furan rings is 1. The quantitative estimate of drug-likeness (QED) is 0.790. The van der Waals surface area contributed by atoms with Crippen molar-refractivity contribution in [2.75, 3.05) is 5.75 Å². The highest BCUT2D eigenvalue weighted by molar-refractivity contribution is 8.00. The lowest BCUT2D eigenvalue weighted by molar-refractivity contribution is 0.0589. The molecule has 13 heavy (non-hydrogen) atoms. The normalized spacial score (nSPS) is 33.8. The lowest BCUT2D eigenvalue weighted by Crippen LogP contribution is -2.31. The van der Waals surface area contributed by atoms with E-state index in [4.69, 9.17) is 4.42 Å². The minimum absolute atomic E-state index is 0.540. The van der Waals surface area contributed by atoms with Gasteiger partial charge in [-0.1, -0.05) is 6.92 Å². The van der Waals surface area contributed by atoms with Crippen LogP contribution in [0.1, 0.15) is 19.1 Å². The molecule has 2 heterocycles. The summed E-state index contributed by atoms with van der Waals surface area (Å²) in [6.07, 6.45) is 3.18. The van der Waals surface area contributed by atoms with E-state index >= 15 is 0 Å². The zero-order valence-electron chi connectivity index (χ0n) is 7.69. The maximum absolute atomic E-state index is 10.2. The summed E-state index contributed by atoms with van der Waals surface area (Å²) >= 11 is 1.83. The van der Waals surface area contributed by atoms with Crippen molar-refractivity contribution in [1.82, 2.24) is 0 Å². The molecule has 0 radical (unpaired) electrons. The fourth-order valence-corrected chi connectivity index (χ4v) is 3.05. The molecule has 0 aromatic carbocycles. The number of aliphatic hydroxyl groups is 1. The summed E-state index contributed by atoms with van der Waals surface area (Å²) in [5, 5.41) is 10.7. The van der Waals surface area contributed by atoms with Crippen LogP contribution in [0.25, 0.3) is 0 Å². The zero-order valence-corrected chi connectivity index (χ0v) is 8.51. The first kappa shape index (κ1) is 9.16. The predicted molar refractivity (Wildman–Crippen MR) is 53.9 cm³/mol. The summed E-state index contributed by atoms with van der Waals surface area (Å²) in [7, 11) is 0. The Labute approximate surface area is 82.3 Å². The van der Waals surface area contributed by atoms with Crippen LogP contribution in [0.5, 0.6) is 0 Å². The van der Waals surface area contributed by atoms with Crippen LogP contribution in [0, 0.1) is 0 Å². The Morgan fingerprint density at radius 1 is 1.77 bits per heavy atom. The highest BCUT2D eigenvalue weighted by atomic mass is 32.2. The standard InChI is InChI=1S/C10H14O2S/c1-8-5-10(11,7-13-8)6-9-3-2-4-12-9/h2-4,8,11H,5-7H2,1H3. The second-order valence-electron chi connectivity index (χ2n) is 3.81. The van der Waals surface area contributed by atoms with E-state index in [1.807, 2.05) is 23.9 Å². The Morgan fingerprint density at radius 3 is 3.15 bits per heavy atom. The summed E-state index contributed by atoms with van der Waals surface area (Å²) < 4.78 is 5.23. The molecule has 1 aromatic heterocycles. The molecular weight excluding hydrogens is 184 g/mol. The van der Waals surface area contributed by atoms with Gasteiger partial charge in [-0.3, -0.25) is 0 Å².